The zero-order chi connectivity index (χ0) is 15.4. The summed E-state index contributed by atoms with van der Waals surface area (Å²) in [6, 6.07) is 10.4. The maximum Gasteiger partial charge on any atom is 0.243 e. The summed E-state index contributed by atoms with van der Waals surface area (Å²) >= 11 is 17.8. The standard InChI is InChI=1S/C15H13Cl3N2O/c1-9-2-3-10(16)6-13(9)19-8-15(21)20-14-7-11(17)4-5-12(14)18/h2-7,19H,8H2,1H3,(H,20,21). The molecule has 2 N–H and O–H groups in total. The van der Waals surface area contributed by atoms with Crippen molar-refractivity contribution < 1.29 is 4.79 Å². The largest absolute Gasteiger partial charge is 0.376 e. The number of nitrogens with one attached hydrogen (secondary N) is 2. The first-order valence-corrected chi connectivity index (χ1v) is 7.34. The highest BCUT2D eigenvalue weighted by Crippen LogP contribution is 2.25. The smallest absolute Gasteiger partial charge is 0.243 e. The summed E-state index contributed by atoms with van der Waals surface area (Å²) in [5.74, 6) is -0.224. The van der Waals surface area contributed by atoms with Crippen molar-refractivity contribution in [2.45, 2.75) is 6.92 Å². The van der Waals surface area contributed by atoms with Gasteiger partial charge < -0.3 is 10.6 Å². The average molecular weight is 344 g/mol. The van der Waals surface area contributed by atoms with Gasteiger partial charge in [0.2, 0.25) is 5.91 Å². The highest BCUT2D eigenvalue weighted by Gasteiger charge is 2.07. The van der Waals surface area contributed by atoms with Crippen molar-refractivity contribution in [3.8, 4) is 0 Å². The van der Waals surface area contributed by atoms with Gasteiger partial charge in [-0.3, -0.25) is 4.79 Å². The van der Waals surface area contributed by atoms with E-state index in [4.69, 9.17) is 34.8 Å². The lowest BCUT2D eigenvalue weighted by molar-refractivity contribution is -0.114. The monoisotopic (exact) mass is 342 g/mol. The van der Waals surface area contributed by atoms with E-state index in [-0.39, 0.29) is 12.5 Å². The number of anilines is 2. The second-order valence-electron chi connectivity index (χ2n) is 4.49. The molecule has 0 heterocycles. The van der Waals surface area contributed by atoms with Gasteiger partial charge in [-0.2, -0.15) is 0 Å². The molecule has 1 amide bonds. The van der Waals surface area contributed by atoms with Crippen molar-refractivity contribution in [2.24, 2.45) is 0 Å². The van der Waals surface area contributed by atoms with E-state index in [2.05, 4.69) is 10.6 Å². The molecule has 110 valence electrons. The van der Waals surface area contributed by atoms with Crippen LogP contribution in [0.2, 0.25) is 15.1 Å². The van der Waals surface area contributed by atoms with Crippen LogP contribution in [-0.2, 0) is 4.79 Å². The zero-order valence-electron chi connectivity index (χ0n) is 11.2. The molecule has 2 rings (SSSR count). The minimum Gasteiger partial charge on any atom is -0.376 e. The molecule has 0 spiro atoms. The summed E-state index contributed by atoms with van der Waals surface area (Å²) < 4.78 is 0. The molecule has 2 aromatic rings. The fourth-order valence-corrected chi connectivity index (χ4v) is 2.26. The van der Waals surface area contributed by atoms with Crippen LogP contribution in [0.5, 0.6) is 0 Å². The summed E-state index contributed by atoms with van der Waals surface area (Å²) in [5.41, 5.74) is 2.31. The van der Waals surface area contributed by atoms with Crippen LogP contribution in [0.3, 0.4) is 0 Å². The second-order valence-corrected chi connectivity index (χ2v) is 5.77. The fraction of sp³-hybridized carbons (Fsp3) is 0.133. The predicted octanol–water partition coefficient (Wildman–Crippen LogP) is 5.01. The topological polar surface area (TPSA) is 41.1 Å². The lowest BCUT2D eigenvalue weighted by Gasteiger charge is -2.11. The minimum absolute atomic E-state index is 0.101. The van der Waals surface area contributed by atoms with Crippen molar-refractivity contribution >= 4 is 52.1 Å². The molecule has 0 aliphatic carbocycles. The molecule has 0 radical (unpaired) electrons. The average Bonchev–Trinajstić information content (AvgIpc) is 2.44. The van der Waals surface area contributed by atoms with Crippen LogP contribution in [0.1, 0.15) is 5.56 Å². The number of halogens is 3. The Hall–Kier alpha value is -1.42. The summed E-state index contributed by atoms with van der Waals surface area (Å²) in [5, 5.41) is 7.30. The number of hydrogen-bond donors (Lipinski definition) is 2. The number of carbonyl (C=O) groups excluding carboxylic acids is 1. The van der Waals surface area contributed by atoms with Crippen LogP contribution < -0.4 is 10.6 Å². The van der Waals surface area contributed by atoms with Crippen molar-refractivity contribution in [3.63, 3.8) is 0 Å². The highest BCUT2D eigenvalue weighted by molar-refractivity contribution is 6.35. The lowest BCUT2D eigenvalue weighted by atomic mass is 10.2. The molecular formula is C15H13Cl3N2O. The number of benzene rings is 2. The van der Waals surface area contributed by atoms with E-state index in [1.54, 1.807) is 30.3 Å². The van der Waals surface area contributed by atoms with Gasteiger partial charge in [0.15, 0.2) is 0 Å². The van der Waals surface area contributed by atoms with Gasteiger partial charge in [0, 0.05) is 15.7 Å². The number of aryl methyl sites for hydroxylation is 1. The quantitative estimate of drug-likeness (QED) is 0.819. The molecule has 0 unspecified atom stereocenters. The Bertz CT molecular complexity index is 674. The molecule has 0 saturated carbocycles. The number of rotatable bonds is 4. The summed E-state index contributed by atoms with van der Waals surface area (Å²) in [7, 11) is 0. The maximum absolute atomic E-state index is 11.9. The lowest BCUT2D eigenvalue weighted by Crippen LogP contribution is -2.22. The van der Waals surface area contributed by atoms with E-state index >= 15 is 0 Å². The van der Waals surface area contributed by atoms with Gasteiger partial charge in [0.25, 0.3) is 0 Å². The maximum atomic E-state index is 11.9. The minimum atomic E-state index is -0.224. The molecule has 21 heavy (non-hydrogen) atoms. The van der Waals surface area contributed by atoms with Crippen molar-refractivity contribution in [1.82, 2.24) is 0 Å². The SMILES string of the molecule is Cc1ccc(Cl)cc1NCC(=O)Nc1cc(Cl)ccc1Cl. The van der Waals surface area contributed by atoms with Gasteiger partial charge in [0.1, 0.15) is 0 Å². The zero-order valence-corrected chi connectivity index (χ0v) is 13.5. The predicted molar refractivity (Wildman–Crippen MR) is 89.8 cm³/mol. The Balaban J connectivity index is 1.99. The van der Waals surface area contributed by atoms with Crippen LogP contribution >= 0.6 is 34.8 Å². The van der Waals surface area contributed by atoms with Gasteiger partial charge in [0.05, 0.1) is 17.3 Å². The molecule has 0 saturated heterocycles. The van der Waals surface area contributed by atoms with Gasteiger partial charge in [-0.05, 0) is 42.8 Å². The summed E-state index contributed by atoms with van der Waals surface area (Å²) in [6.45, 7) is 2.04. The van der Waals surface area contributed by atoms with Crippen molar-refractivity contribution in [2.75, 3.05) is 17.2 Å². The first-order valence-electron chi connectivity index (χ1n) is 6.20. The Morgan fingerprint density at radius 1 is 1.00 bits per heavy atom. The molecule has 3 nitrogen and oxygen atoms in total. The van der Waals surface area contributed by atoms with E-state index in [0.29, 0.717) is 20.8 Å². The first kappa shape index (κ1) is 16.0. The summed E-state index contributed by atoms with van der Waals surface area (Å²) in [6.07, 6.45) is 0. The second kappa shape index (κ2) is 7.03. The summed E-state index contributed by atoms with van der Waals surface area (Å²) in [4.78, 5) is 11.9. The normalized spacial score (nSPS) is 10.3. The van der Waals surface area contributed by atoms with E-state index in [0.717, 1.165) is 11.3 Å². The van der Waals surface area contributed by atoms with Crippen LogP contribution in [0.4, 0.5) is 11.4 Å². The number of hydrogen-bond acceptors (Lipinski definition) is 2. The Morgan fingerprint density at radius 3 is 2.33 bits per heavy atom. The third-order valence-corrected chi connectivity index (χ3v) is 3.64. The Labute approximate surface area is 138 Å². The van der Waals surface area contributed by atoms with Gasteiger partial charge in [-0.1, -0.05) is 40.9 Å². The van der Waals surface area contributed by atoms with Gasteiger partial charge in [-0.15, -0.1) is 0 Å². The Morgan fingerprint density at radius 2 is 1.62 bits per heavy atom. The van der Waals surface area contributed by atoms with Crippen LogP contribution in [0.25, 0.3) is 0 Å². The van der Waals surface area contributed by atoms with Crippen LogP contribution in [0.15, 0.2) is 36.4 Å². The van der Waals surface area contributed by atoms with E-state index < -0.39 is 0 Å². The van der Waals surface area contributed by atoms with Gasteiger partial charge in [-0.25, -0.2) is 0 Å². The highest BCUT2D eigenvalue weighted by atomic mass is 35.5. The van der Waals surface area contributed by atoms with Crippen LogP contribution in [0, 0.1) is 6.92 Å². The van der Waals surface area contributed by atoms with E-state index in [9.17, 15) is 4.79 Å². The molecule has 0 bridgehead atoms. The molecule has 2 aromatic carbocycles. The van der Waals surface area contributed by atoms with Crippen molar-refractivity contribution in [3.05, 3.63) is 57.0 Å². The van der Waals surface area contributed by atoms with E-state index in [1.807, 2.05) is 13.0 Å². The number of amides is 1. The fourth-order valence-electron chi connectivity index (χ4n) is 1.75. The molecule has 0 aliphatic rings. The number of carbonyl (C=O) groups is 1. The van der Waals surface area contributed by atoms with Crippen molar-refractivity contribution in [1.29, 1.82) is 0 Å². The Kier molecular flexibility index (Phi) is 5.34. The molecule has 0 aliphatic heterocycles. The molecule has 0 aromatic heterocycles. The molecular weight excluding hydrogens is 331 g/mol. The molecule has 0 fully saturated rings. The third kappa shape index (κ3) is 4.53. The van der Waals surface area contributed by atoms with Crippen LogP contribution in [-0.4, -0.2) is 12.5 Å². The molecule has 0 atom stereocenters. The first-order chi connectivity index (χ1) is 9.95. The third-order valence-electron chi connectivity index (χ3n) is 2.84. The molecule has 6 heteroatoms. The van der Waals surface area contributed by atoms with Gasteiger partial charge >= 0.3 is 0 Å². The van der Waals surface area contributed by atoms with E-state index in [1.165, 1.54) is 0 Å².